The van der Waals surface area contributed by atoms with E-state index in [-0.39, 0.29) is 5.95 Å². The monoisotopic (exact) mass is 345 g/mol. The number of amides is 1. The normalized spacial score (nSPS) is 10.9. The Bertz CT molecular complexity index is 1130. The van der Waals surface area contributed by atoms with Crippen molar-refractivity contribution in [3.63, 3.8) is 0 Å². The summed E-state index contributed by atoms with van der Waals surface area (Å²) in [4.78, 5) is 19.8. The van der Waals surface area contributed by atoms with Crippen molar-refractivity contribution in [2.24, 2.45) is 5.73 Å². The number of primary amides is 1. The number of nitrogens with two attached hydrogens (primary N) is 3. The average molecular weight is 345 g/mol. The maximum Gasteiger partial charge on any atom is 0.248 e. The number of hydrogen-bond donors (Lipinski definition) is 4. The number of nitrogen functional groups attached to an aromatic ring is 2. The largest absolute Gasteiger partial charge is 0.382 e. The zero-order valence-corrected chi connectivity index (χ0v) is 13.6. The maximum absolute atomic E-state index is 11.2. The van der Waals surface area contributed by atoms with Gasteiger partial charge in [-0.25, -0.2) is 9.97 Å². The molecule has 2 aromatic carbocycles. The Labute approximate surface area is 148 Å². The van der Waals surface area contributed by atoms with Gasteiger partial charge in [-0.2, -0.15) is 5.10 Å². The molecular formula is C18H15N7O. The van der Waals surface area contributed by atoms with Crippen LogP contribution in [0, 0.1) is 0 Å². The number of carbonyl (C=O) groups is 1. The summed E-state index contributed by atoms with van der Waals surface area (Å²) in [6, 6.07) is 14.3. The number of aromatic amines is 1. The minimum atomic E-state index is -0.480. The number of hydrogen-bond acceptors (Lipinski definition) is 6. The summed E-state index contributed by atoms with van der Waals surface area (Å²) in [7, 11) is 0. The molecule has 0 spiro atoms. The van der Waals surface area contributed by atoms with Gasteiger partial charge in [0.1, 0.15) is 0 Å². The third-order valence-corrected chi connectivity index (χ3v) is 4.10. The molecule has 0 bridgehead atoms. The second-order valence-corrected chi connectivity index (χ2v) is 5.81. The van der Waals surface area contributed by atoms with Gasteiger partial charge in [-0.15, -0.1) is 0 Å². The van der Waals surface area contributed by atoms with Crippen molar-refractivity contribution in [2.45, 2.75) is 0 Å². The maximum atomic E-state index is 11.2. The number of nitrogens with zero attached hydrogens (tertiary/aromatic N) is 3. The predicted molar refractivity (Wildman–Crippen MR) is 99.9 cm³/mol. The molecule has 0 atom stereocenters. The standard InChI is InChI=1S/C18H15N7O/c19-16-12-6-5-11(7-15(12)24-25-16)14-8-13(22-18(21)23-14)9-1-3-10(4-2-9)17(20)26/h1-8H,(H2,20,26)(H3,19,24,25)(H2,21,22,23). The molecule has 0 aliphatic heterocycles. The van der Waals surface area contributed by atoms with Gasteiger partial charge in [0, 0.05) is 22.1 Å². The molecule has 0 radical (unpaired) electrons. The molecule has 0 fully saturated rings. The fourth-order valence-electron chi connectivity index (χ4n) is 2.77. The van der Waals surface area contributed by atoms with Crippen LogP contribution in [0.4, 0.5) is 11.8 Å². The van der Waals surface area contributed by atoms with E-state index < -0.39 is 5.91 Å². The van der Waals surface area contributed by atoms with Crippen LogP contribution >= 0.6 is 0 Å². The third kappa shape index (κ3) is 2.69. The molecule has 0 saturated carbocycles. The molecular weight excluding hydrogens is 330 g/mol. The van der Waals surface area contributed by atoms with Crippen LogP contribution in [-0.2, 0) is 0 Å². The fraction of sp³-hybridized carbons (Fsp3) is 0. The molecule has 128 valence electrons. The Balaban J connectivity index is 1.78. The summed E-state index contributed by atoms with van der Waals surface area (Å²) in [5.41, 5.74) is 21.2. The van der Waals surface area contributed by atoms with Gasteiger partial charge in [-0.05, 0) is 30.3 Å². The molecule has 7 N–H and O–H groups in total. The van der Waals surface area contributed by atoms with Crippen molar-refractivity contribution in [2.75, 3.05) is 11.5 Å². The lowest BCUT2D eigenvalue weighted by molar-refractivity contribution is 0.100. The molecule has 4 aromatic rings. The average Bonchev–Trinajstić information content (AvgIpc) is 3.02. The number of H-pyrrole nitrogens is 1. The molecule has 0 aliphatic carbocycles. The first-order valence-electron chi connectivity index (χ1n) is 7.80. The van der Waals surface area contributed by atoms with Gasteiger partial charge in [-0.3, -0.25) is 9.89 Å². The quantitative estimate of drug-likeness (QED) is 0.446. The van der Waals surface area contributed by atoms with Crippen molar-refractivity contribution in [1.82, 2.24) is 20.2 Å². The zero-order valence-electron chi connectivity index (χ0n) is 13.6. The van der Waals surface area contributed by atoms with Crippen LogP contribution in [0.5, 0.6) is 0 Å². The summed E-state index contributed by atoms with van der Waals surface area (Å²) in [5.74, 6) is 0.122. The summed E-state index contributed by atoms with van der Waals surface area (Å²) < 4.78 is 0. The van der Waals surface area contributed by atoms with E-state index in [0.717, 1.165) is 22.0 Å². The van der Waals surface area contributed by atoms with E-state index in [9.17, 15) is 4.79 Å². The highest BCUT2D eigenvalue weighted by Gasteiger charge is 2.10. The highest BCUT2D eigenvalue weighted by atomic mass is 16.1. The molecule has 2 heterocycles. The smallest absolute Gasteiger partial charge is 0.248 e. The molecule has 0 unspecified atom stereocenters. The van der Waals surface area contributed by atoms with Crippen LogP contribution in [0.1, 0.15) is 10.4 Å². The van der Waals surface area contributed by atoms with Crippen molar-refractivity contribution < 1.29 is 4.79 Å². The van der Waals surface area contributed by atoms with Crippen LogP contribution in [-0.4, -0.2) is 26.1 Å². The van der Waals surface area contributed by atoms with E-state index in [4.69, 9.17) is 17.2 Å². The van der Waals surface area contributed by atoms with Gasteiger partial charge in [0.05, 0.1) is 16.9 Å². The molecule has 2 aromatic heterocycles. The topological polar surface area (TPSA) is 150 Å². The molecule has 0 saturated heterocycles. The first-order chi connectivity index (χ1) is 12.5. The molecule has 4 rings (SSSR count). The van der Waals surface area contributed by atoms with E-state index in [1.165, 1.54) is 0 Å². The van der Waals surface area contributed by atoms with Crippen LogP contribution in [0.3, 0.4) is 0 Å². The van der Waals surface area contributed by atoms with Crippen LogP contribution < -0.4 is 17.2 Å². The third-order valence-electron chi connectivity index (χ3n) is 4.10. The van der Waals surface area contributed by atoms with Gasteiger partial charge in [-0.1, -0.05) is 18.2 Å². The van der Waals surface area contributed by atoms with Crippen LogP contribution in [0.25, 0.3) is 33.4 Å². The van der Waals surface area contributed by atoms with Crippen LogP contribution in [0.2, 0.25) is 0 Å². The lowest BCUT2D eigenvalue weighted by atomic mass is 10.0. The first-order valence-corrected chi connectivity index (χ1v) is 7.80. The minimum absolute atomic E-state index is 0.153. The highest BCUT2D eigenvalue weighted by Crippen LogP contribution is 2.28. The van der Waals surface area contributed by atoms with E-state index >= 15 is 0 Å². The first kappa shape index (κ1) is 15.6. The Morgan fingerprint density at radius 3 is 2.23 bits per heavy atom. The predicted octanol–water partition coefficient (Wildman–Crippen LogP) is 1.95. The van der Waals surface area contributed by atoms with Gasteiger partial charge >= 0.3 is 0 Å². The van der Waals surface area contributed by atoms with Crippen molar-refractivity contribution in [3.05, 3.63) is 54.1 Å². The lowest BCUT2D eigenvalue weighted by Gasteiger charge is -2.07. The van der Waals surface area contributed by atoms with Gasteiger partial charge in [0.15, 0.2) is 5.82 Å². The summed E-state index contributed by atoms with van der Waals surface area (Å²) in [5, 5.41) is 7.72. The fourth-order valence-corrected chi connectivity index (χ4v) is 2.77. The van der Waals surface area contributed by atoms with Gasteiger partial charge < -0.3 is 17.2 Å². The molecule has 1 amide bonds. The SMILES string of the molecule is NC(=O)c1ccc(-c2cc(-c3ccc4c(N)n[nH]c4c3)nc(N)n2)cc1. The molecule has 26 heavy (non-hydrogen) atoms. The van der Waals surface area contributed by atoms with Crippen molar-refractivity contribution in [1.29, 1.82) is 0 Å². The summed E-state index contributed by atoms with van der Waals surface area (Å²) >= 11 is 0. The van der Waals surface area contributed by atoms with Crippen LogP contribution in [0.15, 0.2) is 48.5 Å². The number of nitrogens with one attached hydrogen (secondary N) is 1. The van der Waals surface area contributed by atoms with E-state index in [2.05, 4.69) is 20.2 Å². The van der Waals surface area contributed by atoms with Crippen molar-refractivity contribution in [3.8, 4) is 22.5 Å². The Morgan fingerprint density at radius 2 is 1.54 bits per heavy atom. The molecule has 8 nitrogen and oxygen atoms in total. The second-order valence-electron chi connectivity index (χ2n) is 5.81. The Morgan fingerprint density at radius 1 is 0.885 bits per heavy atom. The number of benzene rings is 2. The Kier molecular flexibility index (Phi) is 3.51. The highest BCUT2D eigenvalue weighted by molar-refractivity contribution is 5.93. The number of anilines is 2. The van der Waals surface area contributed by atoms with E-state index in [0.29, 0.717) is 22.8 Å². The summed E-state index contributed by atoms with van der Waals surface area (Å²) in [6.45, 7) is 0. The zero-order chi connectivity index (χ0) is 18.3. The van der Waals surface area contributed by atoms with Crippen molar-refractivity contribution >= 4 is 28.6 Å². The lowest BCUT2D eigenvalue weighted by Crippen LogP contribution is -2.10. The van der Waals surface area contributed by atoms with E-state index in [1.807, 2.05) is 24.3 Å². The van der Waals surface area contributed by atoms with Gasteiger partial charge in [0.25, 0.3) is 0 Å². The number of aromatic nitrogens is 4. The molecule has 8 heteroatoms. The summed E-state index contributed by atoms with van der Waals surface area (Å²) in [6.07, 6.45) is 0. The van der Waals surface area contributed by atoms with Gasteiger partial charge in [0.2, 0.25) is 11.9 Å². The van der Waals surface area contributed by atoms with E-state index in [1.54, 1.807) is 24.3 Å². The second kappa shape index (κ2) is 5.85. The molecule has 0 aliphatic rings. The minimum Gasteiger partial charge on any atom is -0.382 e. The number of carbonyl (C=O) groups excluding carboxylic acids is 1. The Hall–Kier alpha value is -3.94. The number of fused-ring (bicyclic) bond motifs is 1. The number of rotatable bonds is 3.